The highest BCUT2D eigenvalue weighted by Crippen LogP contribution is 2.28. The van der Waals surface area contributed by atoms with E-state index in [2.05, 4.69) is 20.8 Å². The smallest absolute Gasteiger partial charge is 0.293 e. The minimum absolute atomic E-state index is 0.00882. The fourth-order valence-corrected chi connectivity index (χ4v) is 3.94. The molecule has 0 saturated heterocycles. The van der Waals surface area contributed by atoms with Gasteiger partial charge in [-0.2, -0.15) is 4.80 Å². The van der Waals surface area contributed by atoms with Gasteiger partial charge in [0.2, 0.25) is 0 Å². The molecule has 0 spiro atoms. The Kier molecular flexibility index (Phi) is 6.38. The van der Waals surface area contributed by atoms with Gasteiger partial charge in [0.25, 0.3) is 11.6 Å². The summed E-state index contributed by atoms with van der Waals surface area (Å²) in [4.78, 5) is 24.7. The number of rotatable bonds is 5. The van der Waals surface area contributed by atoms with Gasteiger partial charge in [-0.1, -0.05) is 41.4 Å². The maximum atomic E-state index is 12.6. The summed E-state index contributed by atoms with van der Waals surface area (Å²) in [5.41, 5.74) is 3.92. The lowest BCUT2D eigenvalue weighted by Gasteiger charge is -2.10. The molecular formula is C25H17ClN6O4S. The second kappa shape index (κ2) is 9.80. The third kappa shape index (κ3) is 5.17. The van der Waals surface area contributed by atoms with Crippen molar-refractivity contribution < 1.29 is 14.1 Å². The number of hydrogen-bond acceptors (Lipinski definition) is 7. The minimum Gasteiger partial charge on any atom is -0.451 e. The van der Waals surface area contributed by atoms with Crippen LogP contribution >= 0.6 is 23.8 Å². The second-order valence-electron chi connectivity index (χ2n) is 8.03. The van der Waals surface area contributed by atoms with Crippen LogP contribution in [0.3, 0.4) is 0 Å². The zero-order valence-electron chi connectivity index (χ0n) is 19.1. The van der Waals surface area contributed by atoms with Gasteiger partial charge in [-0.15, -0.1) is 10.2 Å². The highest BCUT2D eigenvalue weighted by molar-refractivity contribution is 7.80. The van der Waals surface area contributed by atoms with Gasteiger partial charge in [-0.25, -0.2) is 0 Å². The number of furan rings is 1. The van der Waals surface area contributed by atoms with Crippen LogP contribution in [0.25, 0.3) is 28.0 Å². The molecule has 0 unspecified atom stereocenters. The molecule has 5 aromatic rings. The van der Waals surface area contributed by atoms with Gasteiger partial charge in [0.1, 0.15) is 16.8 Å². The number of nitrogens with zero attached hydrogens (tertiary/aromatic N) is 4. The molecule has 0 fully saturated rings. The van der Waals surface area contributed by atoms with Crippen LogP contribution in [0.5, 0.6) is 0 Å². The Morgan fingerprint density at radius 1 is 1.05 bits per heavy atom. The zero-order chi connectivity index (χ0) is 26.1. The van der Waals surface area contributed by atoms with Crippen molar-refractivity contribution in [3.05, 3.63) is 99.3 Å². The summed E-state index contributed by atoms with van der Waals surface area (Å²) < 4.78 is 5.58. The standard InChI is InChI=1S/C25H17ClN6O4S/c1-14-5-7-16(8-6-14)31-29-20-12-18(26)19(13-21(20)30-31)27-25(37)28-24(33)23-10-9-22(36-23)15-3-2-4-17(11-15)32(34)35/h2-13H,1H3,(H2,27,28,33,37). The first-order valence-corrected chi connectivity index (χ1v) is 11.7. The second-order valence-corrected chi connectivity index (χ2v) is 8.84. The summed E-state index contributed by atoms with van der Waals surface area (Å²) in [6.45, 7) is 2.00. The van der Waals surface area contributed by atoms with Gasteiger partial charge in [0.05, 0.1) is 21.3 Å². The Bertz CT molecular complexity index is 1680. The van der Waals surface area contributed by atoms with Gasteiger partial charge in [0, 0.05) is 17.7 Å². The van der Waals surface area contributed by atoms with E-state index in [-0.39, 0.29) is 16.6 Å². The van der Waals surface area contributed by atoms with Gasteiger partial charge in [-0.05, 0) is 55.5 Å². The molecule has 12 heteroatoms. The van der Waals surface area contributed by atoms with E-state index < -0.39 is 10.8 Å². The molecule has 184 valence electrons. The van der Waals surface area contributed by atoms with Crippen LogP contribution < -0.4 is 10.6 Å². The van der Waals surface area contributed by atoms with Crippen molar-refractivity contribution in [2.75, 3.05) is 5.32 Å². The molecular weight excluding hydrogens is 516 g/mol. The van der Waals surface area contributed by atoms with Crippen molar-refractivity contribution in [3.8, 4) is 17.0 Å². The third-order valence-electron chi connectivity index (χ3n) is 5.38. The van der Waals surface area contributed by atoms with E-state index in [4.69, 9.17) is 28.2 Å². The number of halogens is 1. The van der Waals surface area contributed by atoms with Crippen LogP contribution in [0, 0.1) is 17.0 Å². The van der Waals surface area contributed by atoms with E-state index in [1.807, 2.05) is 31.2 Å². The fraction of sp³-hybridized carbons (Fsp3) is 0.0400. The summed E-state index contributed by atoms with van der Waals surface area (Å²) in [7, 11) is 0. The molecule has 0 saturated carbocycles. The van der Waals surface area contributed by atoms with Crippen molar-refractivity contribution in [2.24, 2.45) is 0 Å². The fourth-order valence-electron chi connectivity index (χ4n) is 3.53. The third-order valence-corrected chi connectivity index (χ3v) is 5.90. The Morgan fingerprint density at radius 3 is 2.51 bits per heavy atom. The zero-order valence-corrected chi connectivity index (χ0v) is 20.7. The van der Waals surface area contributed by atoms with Gasteiger partial charge in [0.15, 0.2) is 10.9 Å². The number of nitro groups is 1. The first-order valence-electron chi connectivity index (χ1n) is 10.9. The number of aromatic nitrogens is 3. The van der Waals surface area contributed by atoms with E-state index in [0.717, 1.165) is 11.3 Å². The van der Waals surface area contributed by atoms with E-state index in [0.29, 0.717) is 33.1 Å². The largest absolute Gasteiger partial charge is 0.451 e. The Hall–Kier alpha value is -4.61. The maximum absolute atomic E-state index is 12.6. The number of carbonyl (C=O) groups excluding carboxylic acids is 1. The molecule has 0 atom stereocenters. The first-order chi connectivity index (χ1) is 17.8. The highest BCUT2D eigenvalue weighted by atomic mass is 35.5. The molecule has 2 aromatic heterocycles. The van der Waals surface area contributed by atoms with Crippen LogP contribution in [0.15, 0.2) is 77.2 Å². The predicted molar refractivity (Wildman–Crippen MR) is 143 cm³/mol. The molecule has 0 aliphatic rings. The summed E-state index contributed by atoms with van der Waals surface area (Å²) in [5, 5.41) is 25.7. The maximum Gasteiger partial charge on any atom is 0.293 e. The van der Waals surface area contributed by atoms with Gasteiger partial charge in [-0.3, -0.25) is 20.2 Å². The number of anilines is 1. The van der Waals surface area contributed by atoms with Crippen molar-refractivity contribution in [3.63, 3.8) is 0 Å². The molecule has 3 aromatic carbocycles. The minimum atomic E-state index is -0.600. The summed E-state index contributed by atoms with van der Waals surface area (Å²) in [6, 6.07) is 20.0. The van der Waals surface area contributed by atoms with E-state index in [1.165, 1.54) is 29.1 Å². The summed E-state index contributed by atoms with van der Waals surface area (Å²) >= 11 is 11.7. The summed E-state index contributed by atoms with van der Waals surface area (Å²) in [5.74, 6) is -0.317. The predicted octanol–water partition coefficient (Wildman–Crippen LogP) is 5.68. The average Bonchev–Trinajstić information content (AvgIpc) is 3.52. The van der Waals surface area contributed by atoms with Crippen molar-refractivity contribution in [1.82, 2.24) is 20.3 Å². The van der Waals surface area contributed by atoms with E-state index in [9.17, 15) is 14.9 Å². The van der Waals surface area contributed by atoms with Gasteiger partial charge < -0.3 is 9.73 Å². The molecule has 37 heavy (non-hydrogen) atoms. The SMILES string of the molecule is Cc1ccc(-n2nc3cc(Cl)c(NC(=S)NC(=O)c4ccc(-c5cccc([N+](=O)[O-])c5)o4)cc3n2)cc1. The Balaban J connectivity index is 1.29. The number of amides is 1. The topological polar surface area (TPSA) is 128 Å². The Morgan fingerprint density at radius 2 is 1.78 bits per heavy atom. The molecule has 0 aliphatic carbocycles. The van der Waals surface area contributed by atoms with Crippen LogP contribution in [0.2, 0.25) is 5.02 Å². The van der Waals surface area contributed by atoms with Crippen molar-refractivity contribution in [2.45, 2.75) is 6.92 Å². The monoisotopic (exact) mass is 532 g/mol. The van der Waals surface area contributed by atoms with Crippen LogP contribution in [0.1, 0.15) is 16.1 Å². The number of hydrogen-bond donors (Lipinski definition) is 2. The number of benzene rings is 3. The van der Waals surface area contributed by atoms with E-state index >= 15 is 0 Å². The lowest BCUT2D eigenvalue weighted by Crippen LogP contribution is -2.33. The molecule has 10 nitrogen and oxygen atoms in total. The lowest BCUT2D eigenvalue weighted by molar-refractivity contribution is -0.384. The number of aryl methyl sites for hydroxylation is 1. The number of non-ortho nitro benzene ring substituents is 1. The normalized spacial score (nSPS) is 10.9. The molecule has 0 bridgehead atoms. The number of thiocarbonyl (C=S) groups is 1. The van der Waals surface area contributed by atoms with E-state index in [1.54, 1.807) is 24.3 Å². The number of nitro benzene ring substituents is 1. The van der Waals surface area contributed by atoms with Crippen LogP contribution in [-0.4, -0.2) is 30.9 Å². The lowest BCUT2D eigenvalue weighted by atomic mass is 10.1. The van der Waals surface area contributed by atoms with Gasteiger partial charge >= 0.3 is 0 Å². The quantitative estimate of drug-likeness (QED) is 0.168. The molecule has 0 radical (unpaired) electrons. The molecule has 0 aliphatic heterocycles. The molecule has 5 rings (SSSR count). The molecule has 2 heterocycles. The highest BCUT2D eigenvalue weighted by Gasteiger charge is 2.17. The first kappa shape index (κ1) is 24.1. The summed E-state index contributed by atoms with van der Waals surface area (Å²) in [6.07, 6.45) is 0. The number of fused-ring (bicyclic) bond motifs is 1. The van der Waals surface area contributed by atoms with Crippen molar-refractivity contribution >= 4 is 57.2 Å². The molecule has 1 amide bonds. The number of carbonyl (C=O) groups is 1. The van der Waals surface area contributed by atoms with Crippen LogP contribution in [-0.2, 0) is 0 Å². The van der Waals surface area contributed by atoms with Crippen LogP contribution in [0.4, 0.5) is 11.4 Å². The molecule has 2 N–H and O–H groups in total. The average molecular weight is 533 g/mol. The number of nitrogens with one attached hydrogen (secondary N) is 2. The Labute approximate surface area is 220 Å². The van der Waals surface area contributed by atoms with Crippen molar-refractivity contribution in [1.29, 1.82) is 0 Å².